The average Bonchev–Trinajstić information content (AvgIpc) is 2.36. The molecule has 0 saturated carbocycles. The van der Waals surface area contributed by atoms with Crippen molar-refractivity contribution in [1.29, 1.82) is 0 Å². The second-order valence-corrected chi connectivity index (χ2v) is 4.54. The molecule has 0 fully saturated rings. The first kappa shape index (κ1) is 15.6. The Morgan fingerprint density at radius 1 is 1.23 bits per heavy atom. The maximum absolute atomic E-state index is 12.8. The van der Waals surface area contributed by atoms with Crippen molar-refractivity contribution in [2.24, 2.45) is 0 Å². The van der Waals surface area contributed by atoms with Crippen LogP contribution in [0.2, 0.25) is 0 Å². The first-order valence-electron chi connectivity index (χ1n) is 5.88. The number of halogens is 3. The van der Waals surface area contributed by atoms with E-state index in [0.717, 1.165) is 0 Å². The number of alkyl halides is 3. The van der Waals surface area contributed by atoms with Gasteiger partial charge in [0.15, 0.2) is 0 Å². The van der Waals surface area contributed by atoms with Crippen LogP contribution >= 0.6 is 0 Å². The number of nitrogens with zero attached hydrogens (tertiary/aromatic N) is 3. The highest BCUT2D eigenvalue weighted by Gasteiger charge is 2.35. The molecular weight excluding hydrogens is 307 g/mol. The van der Waals surface area contributed by atoms with E-state index < -0.39 is 39.5 Å². The molecule has 0 spiro atoms. The molecule has 0 amide bonds. The number of rotatable bonds is 3. The molecule has 0 aliphatic heterocycles. The number of benzene rings is 1. The zero-order valence-electron chi connectivity index (χ0n) is 11.0. The van der Waals surface area contributed by atoms with Gasteiger partial charge in [0.1, 0.15) is 5.69 Å². The van der Waals surface area contributed by atoms with Crippen LogP contribution in [0.25, 0.3) is 10.9 Å². The summed E-state index contributed by atoms with van der Waals surface area (Å²) in [5.41, 5.74) is -2.31. The Labute approximate surface area is 120 Å². The van der Waals surface area contributed by atoms with E-state index in [1.165, 1.54) is 19.1 Å². The topological polar surface area (TPSA) is 99.2 Å². The first-order valence-corrected chi connectivity index (χ1v) is 5.88. The van der Waals surface area contributed by atoms with Crippen molar-refractivity contribution in [3.63, 3.8) is 0 Å². The van der Waals surface area contributed by atoms with Crippen LogP contribution in [0.5, 0.6) is 0 Å². The van der Waals surface area contributed by atoms with Crippen molar-refractivity contribution in [3.05, 3.63) is 55.2 Å². The van der Waals surface area contributed by atoms with Gasteiger partial charge in [0.05, 0.1) is 15.8 Å². The van der Waals surface area contributed by atoms with Gasteiger partial charge in [-0.3, -0.25) is 20.2 Å². The molecule has 1 aromatic carbocycles. The molecule has 0 N–H and O–H groups in total. The summed E-state index contributed by atoms with van der Waals surface area (Å²) in [6.45, 7) is 0.428. The summed E-state index contributed by atoms with van der Waals surface area (Å²) in [4.78, 5) is 23.5. The highest BCUT2D eigenvalue weighted by molar-refractivity contribution is 5.92. The maximum Gasteiger partial charge on any atom is 0.433 e. The molecule has 0 unspecified atom stereocenters. The van der Waals surface area contributed by atoms with Crippen molar-refractivity contribution in [1.82, 2.24) is 4.98 Å². The summed E-state index contributed by atoms with van der Waals surface area (Å²) in [5.74, 6) is 0. The highest BCUT2D eigenvalue weighted by atomic mass is 19.4. The van der Waals surface area contributed by atoms with E-state index in [2.05, 4.69) is 4.98 Å². The lowest BCUT2D eigenvalue weighted by Gasteiger charge is -2.11. The largest absolute Gasteiger partial charge is 0.433 e. The summed E-state index contributed by atoms with van der Waals surface area (Å²) < 4.78 is 38.4. The van der Waals surface area contributed by atoms with Crippen LogP contribution in [-0.2, 0) is 12.7 Å². The number of aromatic nitrogens is 1. The Morgan fingerprint density at radius 3 is 2.36 bits per heavy atom. The van der Waals surface area contributed by atoms with Crippen molar-refractivity contribution in [3.8, 4) is 0 Å². The number of nitro groups is 2. The number of fused-ring (bicyclic) bond motifs is 1. The molecule has 10 heteroatoms. The molecule has 0 aliphatic rings. The summed E-state index contributed by atoms with van der Waals surface area (Å²) >= 11 is 0. The summed E-state index contributed by atoms with van der Waals surface area (Å²) in [7, 11) is 0. The summed E-state index contributed by atoms with van der Waals surface area (Å²) in [6.07, 6.45) is -4.81. The van der Waals surface area contributed by atoms with Crippen LogP contribution in [0.4, 0.5) is 18.9 Å². The van der Waals surface area contributed by atoms with Crippen LogP contribution in [0.15, 0.2) is 18.2 Å². The zero-order valence-corrected chi connectivity index (χ0v) is 11.0. The Hall–Kier alpha value is -2.78. The molecule has 1 heterocycles. The van der Waals surface area contributed by atoms with E-state index in [-0.39, 0.29) is 16.5 Å². The van der Waals surface area contributed by atoms with Crippen molar-refractivity contribution in [2.75, 3.05) is 0 Å². The molecule has 116 valence electrons. The fraction of sp³-hybridized carbons (Fsp3) is 0.250. The number of aryl methyl sites for hydroxylation is 1. The van der Waals surface area contributed by atoms with E-state index in [4.69, 9.17) is 0 Å². The molecule has 0 bridgehead atoms. The Bertz CT molecular complexity index is 789. The molecular formula is C12H8F3N3O4. The van der Waals surface area contributed by atoms with Crippen molar-refractivity contribution in [2.45, 2.75) is 19.6 Å². The standard InChI is InChI=1S/C12H8F3N3O4/c1-6-2-3-8-10(11(6)18(21)22)7(5-17(19)20)4-9(16-8)12(13,14)15/h2-4H,5H2,1H3. The molecule has 0 atom stereocenters. The third-order valence-corrected chi connectivity index (χ3v) is 3.00. The van der Waals surface area contributed by atoms with Gasteiger partial charge in [-0.2, -0.15) is 13.2 Å². The van der Waals surface area contributed by atoms with E-state index in [0.29, 0.717) is 6.07 Å². The lowest BCUT2D eigenvalue weighted by Crippen LogP contribution is -2.11. The second-order valence-electron chi connectivity index (χ2n) is 4.54. The van der Waals surface area contributed by atoms with Gasteiger partial charge in [-0.15, -0.1) is 0 Å². The van der Waals surface area contributed by atoms with Gasteiger partial charge in [0.25, 0.3) is 5.69 Å². The van der Waals surface area contributed by atoms with Gasteiger partial charge in [-0.25, -0.2) is 4.98 Å². The SMILES string of the molecule is Cc1ccc2nc(C(F)(F)F)cc(C[N+](=O)[O-])c2c1[N+](=O)[O-]. The number of hydrogen-bond donors (Lipinski definition) is 0. The molecule has 1 aromatic heterocycles. The fourth-order valence-corrected chi connectivity index (χ4v) is 2.14. The monoisotopic (exact) mass is 315 g/mol. The van der Waals surface area contributed by atoms with Crippen LogP contribution in [0, 0.1) is 27.2 Å². The zero-order chi connectivity index (χ0) is 16.7. The normalized spacial score (nSPS) is 11.6. The molecule has 22 heavy (non-hydrogen) atoms. The smallest absolute Gasteiger partial charge is 0.264 e. The van der Waals surface area contributed by atoms with E-state index >= 15 is 0 Å². The van der Waals surface area contributed by atoms with Crippen LogP contribution in [0.3, 0.4) is 0 Å². The second kappa shape index (κ2) is 5.20. The fourth-order valence-electron chi connectivity index (χ4n) is 2.14. The van der Waals surface area contributed by atoms with Crippen LogP contribution in [0.1, 0.15) is 16.8 Å². The van der Waals surface area contributed by atoms with Gasteiger partial charge in [0, 0.05) is 16.1 Å². The molecule has 0 aliphatic carbocycles. The quantitative estimate of drug-likeness (QED) is 0.639. The highest BCUT2D eigenvalue weighted by Crippen LogP contribution is 2.36. The van der Waals surface area contributed by atoms with Gasteiger partial charge in [0.2, 0.25) is 6.54 Å². The predicted molar refractivity (Wildman–Crippen MR) is 68.8 cm³/mol. The summed E-state index contributed by atoms with van der Waals surface area (Å²) in [6, 6.07) is 2.91. The van der Waals surface area contributed by atoms with E-state index in [9.17, 15) is 33.4 Å². The molecule has 2 rings (SSSR count). The Kier molecular flexibility index (Phi) is 3.69. The number of pyridine rings is 1. The molecule has 7 nitrogen and oxygen atoms in total. The maximum atomic E-state index is 12.8. The van der Waals surface area contributed by atoms with Gasteiger partial charge < -0.3 is 0 Å². The third-order valence-electron chi connectivity index (χ3n) is 3.00. The van der Waals surface area contributed by atoms with Crippen LogP contribution < -0.4 is 0 Å². The minimum Gasteiger partial charge on any atom is -0.264 e. The Morgan fingerprint density at radius 2 is 1.86 bits per heavy atom. The predicted octanol–water partition coefficient (Wildman–Crippen LogP) is 3.25. The Balaban J connectivity index is 2.91. The molecule has 0 saturated heterocycles. The van der Waals surface area contributed by atoms with E-state index in [1.807, 2.05) is 0 Å². The summed E-state index contributed by atoms with van der Waals surface area (Å²) in [5, 5.41) is 21.6. The molecule has 0 radical (unpaired) electrons. The van der Waals surface area contributed by atoms with Gasteiger partial charge in [-0.1, -0.05) is 6.07 Å². The lowest BCUT2D eigenvalue weighted by atomic mass is 10.0. The third kappa shape index (κ3) is 2.80. The molecule has 2 aromatic rings. The van der Waals surface area contributed by atoms with E-state index in [1.54, 1.807) is 0 Å². The van der Waals surface area contributed by atoms with Gasteiger partial charge >= 0.3 is 6.18 Å². The van der Waals surface area contributed by atoms with Gasteiger partial charge in [-0.05, 0) is 19.1 Å². The van der Waals surface area contributed by atoms with Crippen LogP contribution in [-0.4, -0.2) is 14.8 Å². The lowest BCUT2D eigenvalue weighted by molar-refractivity contribution is -0.496. The minimum atomic E-state index is -4.81. The van der Waals surface area contributed by atoms with Crippen molar-refractivity contribution >= 4 is 16.6 Å². The van der Waals surface area contributed by atoms with Crippen molar-refractivity contribution < 1.29 is 23.0 Å². The average molecular weight is 315 g/mol. The number of hydrogen-bond acceptors (Lipinski definition) is 5. The first-order chi connectivity index (χ1) is 10.1. The number of nitro benzene ring substituents is 1. The minimum absolute atomic E-state index is 0.184.